The fourth-order valence-electron chi connectivity index (χ4n) is 3.19. The van der Waals surface area contributed by atoms with Gasteiger partial charge in [-0.25, -0.2) is 0 Å². The van der Waals surface area contributed by atoms with E-state index in [2.05, 4.69) is 17.5 Å². The second-order valence-electron chi connectivity index (χ2n) is 5.48. The minimum absolute atomic E-state index is 0.180. The van der Waals surface area contributed by atoms with Crippen molar-refractivity contribution in [3.8, 4) is 0 Å². The first-order chi connectivity index (χ1) is 9.25. The smallest absolute Gasteiger partial charge is 0.228 e. The van der Waals surface area contributed by atoms with E-state index in [9.17, 15) is 4.79 Å². The molecule has 0 saturated heterocycles. The Morgan fingerprint density at radius 2 is 1.63 bits per heavy atom. The summed E-state index contributed by atoms with van der Waals surface area (Å²) in [5, 5.41) is 3.70. The van der Waals surface area contributed by atoms with Crippen LogP contribution in [0.5, 0.6) is 0 Å². The third-order valence-corrected chi connectivity index (χ3v) is 4.50. The van der Waals surface area contributed by atoms with Gasteiger partial charge in [-0.2, -0.15) is 0 Å². The molecule has 0 aliphatic heterocycles. The molecule has 0 spiro atoms. The molecule has 0 heterocycles. The minimum Gasteiger partial charge on any atom is -0.326 e. The van der Waals surface area contributed by atoms with Crippen LogP contribution in [0.1, 0.15) is 25.7 Å². The van der Waals surface area contributed by atoms with Crippen LogP contribution < -0.4 is 5.32 Å². The fourth-order valence-corrected chi connectivity index (χ4v) is 3.32. The van der Waals surface area contributed by atoms with Crippen LogP contribution in [0.15, 0.2) is 36.4 Å². The molecule has 1 fully saturated rings. The van der Waals surface area contributed by atoms with Gasteiger partial charge in [0.25, 0.3) is 0 Å². The maximum Gasteiger partial charge on any atom is 0.228 e. The summed E-state index contributed by atoms with van der Waals surface area (Å²) in [4.78, 5) is 12.3. The fraction of sp³-hybridized carbons (Fsp3) is 0.438. The molecule has 0 radical (unpaired) electrons. The third kappa shape index (κ3) is 2.84. The number of halogens is 1. The second kappa shape index (κ2) is 5.38. The van der Waals surface area contributed by atoms with Crippen molar-refractivity contribution in [3.05, 3.63) is 41.4 Å². The Morgan fingerprint density at radius 3 is 2.21 bits per heavy atom. The zero-order valence-corrected chi connectivity index (χ0v) is 11.6. The summed E-state index contributed by atoms with van der Waals surface area (Å²) >= 11 is 5.84. The van der Waals surface area contributed by atoms with Crippen molar-refractivity contribution in [1.82, 2.24) is 0 Å². The first-order valence-corrected chi connectivity index (χ1v) is 7.35. The predicted molar refractivity (Wildman–Crippen MR) is 78.2 cm³/mol. The zero-order chi connectivity index (χ0) is 13.2. The highest BCUT2D eigenvalue weighted by atomic mass is 35.5. The van der Waals surface area contributed by atoms with Crippen LogP contribution in [-0.2, 0) is 4.79 Å². The maximum atomic E-state index is 12.3. The van der Waals surface area contributed by atoms with E-state index in [1.807, 2.05) is 12.1 Å². The van der Waals surface area contributed by atoms with E-state index in [4.69, 9.17) is 11.6 Å². The van der Waals surface area contributed by atoms with E-state index in [-0.39, 0.29) is 11.8 Å². The SMILES string of the molecule is O=C(Nc1ccc(Cl)cc1)C1C2CC/C=C\CCC21. The molecular weight excluding hydrogens is 258 g/mol. The van der Waals surface area contributed by atoms with Crippen LogP contribution in [0.4, 0.5) is 5.69 Å². The van der Waals surface area contributed by atoms with Crippen LogP contribution in [0.2, 0.25) is 5.02 Å². The van der Waals surface area contributed by atoms with E-state index in [1.165, 1.54) is 0 Å². The van der Waals surface area contributed by atoms with Gasteiger partial charge in [0.1, 0.15) is 0 Å². The number of benzene rings is 1. The summed E-state index contributed by atoms with van der Waals surface area (Å²) in [6.07, 6.45) is 9.04. The molecule has 1 aromatic carbocycles. The Bertz CT molecular complexity index is 478. The number of hydrogen-bond donors (Lipinski definition) is 1. The molecule has 0 bridgehead atoms. The van der Waals surface area contributed by atoms with Gasteiger partial charge in [0.15, 0.2) is 0 Å². The van der Waals surface area contributed by atoms with Crippen LogP contribution in [0.25, 0.3) is 0 Å². The topological polar surface area (TPSA) is 29.1 Å². The van der Waals surface area contributed by atoms with Crippen molar-refractivity contribution in [2.24, 2.45) is 17.8 Å². The number of nitrogens with one attached hydrogen (secondary N) is 1. The lowest BCUT2D eigenvalue weighted by molar-refractivity contribution is -0.117. The molecule has 100 valence electrons. The quantitative estimate of drug-likeness (QED) is 0.803. The van der Waals surface area contributed by atoms with E-state index in [1.54, 1.807) is 12.1 Å². The molecule has 2 unspecified atom stereocenters. The molecule has 2 aliphatic carbocycles. The number of hydrogen-bond acceptors (Lipinski definition) is 1. The van der Waals surface area contributed by atoms with Crippen LogP contribution in [0, 0.1) is 17.8 Å². The molecule has 0 aromatic heterocycles. The zero-order valence-electron chi connectivity index (χ0n) is 10.8. The summed E-state index contributed by atoms with van der Waals surface area (Å²) in [5.74, 6) is 1.59. The van der Waals surface area contributed by atoms with Gasteiger partial charge >= 0.3 is 0 Å². The Balaban J connectivity index is 1.61. The average molecular weight is 276 g/mol. The van der Waals surface area contributed by atoms with Crippen LogP contribution in [-0.4, -0.2) is 5.91 Å². The van der Waals surface area contributed by atoms with Gasteiger partial charge in [-0.1, -0.05) is 23.8 Å². The summed E-state index contributed by atoms with van der Waals surface area (Å²) in [6.45, 7) is 0. The number of carbonyl (C=O) groups excluding carboxylic acids is 1. The molecule has 2 aliphatic rings. The Hall–Kier alpha value is -1.28. The van der Waals surface area contributed by atoms with Gasteiger partial charge in [-0.3, -0.25) is 4.79 Å². The Morgan fingerprint density at radius 1 is 1.05 bits per heavy atom. The molecule has 1 N–H and O–H groups in total. The van der Waals surface area contributed by atoms with Crippen molar-refractivity contribution >= 4 is 23.2 Å². The normalized spacial score (nSPS) is 30.7. The number of rotatable bonds is 2. The van der Waals surface area contributed by atoms with Crippen molar-refractivity contribution in [2.45, 2.75) is 25.7 Å². The second-order valence-corrected chi connectivity index (χ2v) is 5.91. The lowest BCUT2D eigenvalue weighted by atomic mass is 10.1. The molecule has 1 aromatic rings. The van der Waals surface area contributed by atoms with Crippen molar-refractivity contribution in [2.75, 3.05) is 5.32 Å². The summed E-state index contributed by atoms with van der Waals surface area (Å²) in [5.41, 5.74) is 0.840. The van der Waals surface area contributed by atoms with Crippen molar-refractivity contribution in [3.63, 3.8) is 0 Å². The first-order valence-electron chi connectivity index (χ1n) is 6.97. The van der Waals surface area contributed by atoms with Crippen molar-refractivity contribution < 1.29 is 4.79 Å². The molecule has 1 amide bonds. The summed E-state index contributed by atoms with van der Waals surface area (Å²) < 4.78 is 0. The largest absolute Gasteiger partial charge is 0.326 e. The van der Waals surface area contributed by atoms with Gasteiger partial charge in [0, 0.05) is 16.6 Å². The van der Waals surface area contributed by atoms with Gasteiger partial charge in [0.05, 0.1) is 0 Å². The van der Waals surface area contributed by atoms with E-state index >= 15 is 0 Å². The molecule has 3 heteroatoms. The number of amides is 1. The molecular formula is C16H18ClNO. The monoisotopic (exact) mass is 275 g/mol. The first kappa shape index (κ1) is 12.7. The highest BCUT2D eigenvalue weighted by Gasteiger charge is 2.53. The highest BCUT2D eigenvalue weighted by molar-refractivity contribution is 6.30. The Kier molecular flexibility index (Phi) is 3.61. The standard InChI is InChI=1S/C16H18ClNO/c17-11-7-9-12(10-8-11)18-16(19)15-13-5-3-1-2-4-6-14(13)15/h1-2,7-10,13-15H,3-6H2,(H,18,19)/b2-1-. The van der Waals surface area contributed by atoms with E-state index in [0.717, 1.165) is 31.4 Å². The lowest BCUT2D eigenvalue weighted by Gasteiger charge is -2.04. The van der Waals surface area contributed by atoms with E-state index < -0.39 is 0 Å². The lowest BCUT2D eigenvalue weighted by Crippen LogP contribution is -2.15. The number of carbonyl (C=O) groups is 1. The van der Waals surface area contributed by atoms with E-state index in [0.29, 0.717) is 16.9 Å². The number of anilines is 1. The van der Waals surface area contributed by atoms with Crippen LogP contribution in [0.3, 0.4) is 0 Å². The molecule has 2 nitrogen and oxygen atoms in total. The highest BCUT2D eigenvalue weighted by Crippen LogP contribution is 2.53. The predicted octanol–water partition coefficient (Wildman–Crippen LogP) is 4.27. The van der Waals surface area contributed by atoms with Crippen molar-refractivity contribution in [1.29, 1.82) is 0 Å². The number of fused-ring (bicyclic) bond motifs is 1. The Labute approximate surface area is 118 Å². The maximum absolute atomic E-state index is 12.3. The van der Waals surface area contributed by atoms with Crippen LogP contribution >= 0.6 is 11.6 Å². The minimum atomic E-state index is 0.180. The van der Waals surface area contributed by atoms with Gasteiger partial charge in [0.2, 0.25) is 5.91 Å². The summed E-state index contributed by atoms with van der Waals surface area (Å²) in [7, 11) is 0. The molecule has 3 rings (SSSR count). The molecule has 1 saturated carbocycles. The third-order valence-electron chi connectivity index (χ3n) is 4.25. The number of allylic oxidation sites excluding steroid dienone is 2. The average Bonchev–Trinajstić information content (AvgIpc) is 3.03. The molecule has 2 atom stereocenters. The van der Waals surface area contributed by atoms with Gasteiger partial charge in [-0.15, -0.1) is 0 Å². The van der Waals surface area contributed by atoms with Gasteiger partial charge < -0.3 is 5.32 Å². The summed E-state index contributed by atoms with van der Waals surface area (Å²) in [6, 6.07) is 7.31. The molecule has 19 heavy (non-hydrogen) atoms. The van der Waals surface area contributed by atoms with Gasteiger partial charge in [-0.05, 0) is 61.8 Å².